The Kier molecular flexibility index (Phi) is 4.35. The summed E-state index contributed by atoms with van der Waals surface area (Å²) in [7, 11) is 0. The van der Waals surface area contributed by atoms with Crippen molar-refractivity contribution in [3.8, 4) is 0 Å². The first kappa shape index (κ1) is 16.6. The molecule has 1 aliphatic carbocycles. The maximum atomic E-state index is 13.3. The number of hydrogen-bond acceptors (Lipinski definition) is 2. The Morgan fingerprint density at radius 2 is 1.58 bits per heavy atom. The van der Waals surface area contributed by atoms with Gasteiger partial charge in [0.15, 0.2) is 0 Å². The van der Waals surface area contributed by atoms with E-state index >= 15 is 0 Å². The summed E-state index contributed by atoms with van der Waals surface area (Å²) in [6.07, 6.45) is -5.03. The van der Waals surface area contributed by atoms with E-state index in [1.165, 1.54) is 0 Å². The molecule has 0 radical (unpaired) electrons. The second-order valence-corrected chi connectivity index (χ2v) is 6.15. The van der Waals surface area contributed by atoms with Crippen molar-refractivity contribution >= 4 is 11.5 Å². The Morgan fingerprint density at radius 3 is 2.17 bits per heavy atom. The minimum absolute atomic E-state index is 0.148. The summed E-state index contributed by atoms with van der Waals surface area (Å²) in [5.41, 5.74) is -0.423. The minimum Gasteiger partial charge on any atom is -0.381 e. The highest BCUT2D eigenvalue weighted by molar-refractivity contribution is 5.94. The van der Waals surface area contributed by atoms with E-state index in [2.05, 4.69) is 5.32 Å². The van der Waals surface area contributed by atoms with Crippen molar-refractivity contribution in [2.75, 3.05) is 5.32 Å². The van der Waals surface area contributed by atoms with E-state index in [9.17, 15) is 18.0 Å². The van der Waals surface area contributed by atoms with Crippen LogP contribution in [0.4, 0.5) is 18.9 Å². The maximum absolute atomic E-state index is 13.3. The SMILES string of the molecule is O=C1CC[C@@H](Nc2ccccc2)[C@@]1(CC(F)(F)F)c1ccccc1. The van der Waals surface area contributed by atoms with E-state index in [1.54, 1.807) is 42.5 Å². The molecular formula is C19H18F3NO. The van der Waals surface area contributed by atoms with Gasteiger partial charge < -0.3 is 5.32 Å². The molecule has 24 heavy (non-hydrogen) atoms. The number of carbonyl (C=O) groups excluding carboxylic acids is 1. The predicted molar refractivity (Wildman–Crippen MR) is 86.9 cm³/mol. The molecule has 0 amide bonds. The van der Waals surface area contributed by atoms with Crippen molar-refractivity contribution in [1.29, 1.82) is 0 Å². The molecule has 1 aliphatic rings. The van der Waals surface area contributed by atoms with Crippen molar-refractivity contribution in [2.24, 2.45) is 0 Å². The fourth-order valence-electron chi connectivity index (χ4n) is 3.61. The lowest BCUT2D eigenvalue weighted by atomic mass is 9.72. The molecule has 1 fully saturated rings. The molecule has 2 nitrogen and oxygen atoms in total. The van der Waals surface area contributed by atoms with Crippen LogP contribution in [-0.4, -0.2) is 18.0 Å². The Morgan fingerprint density at radius 1 is 1.00 bits per heavy atom. The van der Waals surface area contributed by atoms with E-state index in [0.717, 1.165) is 5.69 Å². The summed E-state index contributed by atoms with van der Waals surface area (Å²) in [6, 6.07) is 16.8. The summed E-state index contributed by atoms with van der Waals surface area (Å²) in [4.78, 5) is 12.6. The second kappa shape index (κ2) is 6.30. The number of Topliss-reactive ketones (excluding diaryl/α,β-unsaturated/α-hetero) is 1. The number of para-hydroxylation sites is 1. The number of ketones is 1. The van der Waals surface area contributed by atoms with Crippen molar-refractivity contribution in [3.63, 3.8) is 0 Å². The van der Waals surface area contributed by atoms with Crippen LogP contribution in [0.2, 0.25) is 0 Å². The van der Waals surface area contributed by atoms with Crippen LogP contribution >= 0.6 is 0 Å². The molecule has 0 heterocycles. The number of anilines is 1. The molecule has 2 aromatic rings. The molecule has 0 spiro atoms. The molecule has 2 aromatic carbocycles. The number of carbonyl (C=O) groups is 1. The molecule has 126 valence electrons. The van der Waals surface area contributed by atoms with Crippen LogP contribution in [0.1, 0.15) is 24.8 Å². The third-order valence-electron chi connectivity index (χ3n) is 4.64. The Labute approximate surface area is 138 Å². The molecule has 1 N–H and O–H groups in total. The molecular weight excluding hydrogens is 315 g/mol. The topological polar surface area (TPSA) is 29.1 Å². The largest absolute Gasteiger partial charge is 0.390 e. The van der Waals surface area contributed by atoms with E-state index in [-0.39, 0.29) is 12.2 Å². The summed E-state index contributed by atoms with van der Waals surface area (Å²) >= 11 is 0. The highest BCUT2D eigenvalue weighted by Gasteiger charge is 2.56. The quantitative estimate of drug-likeness (QED) is 0.877. The molecule has 0 aromatic heterocycles. The molecule has 0 aliphatic heterocycles. The zero-order valence-corrected chi connectivity index (χ0v) is 13.0. The minimum atomic E-state index is -4.42. The molecule has 1 saturated carbocycles. The first-order valence-corrected chi connectivity index (χ1v) is 7.89. The molecule has 3 rings (SSSR count). The van der Waals surface area contributed by atoms with Crippen LogP contribution in [-0.2, 0) is 10.2 Å². The lowest BCUT2D eigenvalue weighted by Gasteiger charge is -2.36. The molecule has 2 atom stereocenters. The van der Waals surface area contributed by atoms with Gasteiger partial charge in [-0.15, -0.1) is 0 Å². The number of rotatable bonds is 4. The number of alkyl halides is 3. The number of halogens is 3. The highest BCUT2D eigenvalue weighted by Crippen LogP contribution is 2.47. The Bertz CT molecular complexity index is 700. The zero-order chi connectivity index (χ0) is 17.2. The van der Waals surface area contributed by atoms with Crippen molar-refractivity contribution in [1.82, 2.24) is 0 Å². The van der Waals surface area contributed by atoms with Crippen LogP contribution < -0.4 is 5.32 Å². The van der Waals surface area contributed by atoms with E-state index in [0.29, 0.717) is 12.0 Å². The first-order valence-electron chi connectivity index (χ1n) is 7.89. The van der Waals surface area contributed by atoms with Gasteiger partial charge in [-0.05, 0) is 24.1 Å². The smallest absolute Gasteiger partial charge is 0.381 e. The van der Waals surface area contributed by atoms with E-state index in [4.69, 9.17) is 0 Å². The van der Waals surface area contributed by atoms with Crippen molar-refractivity contribution in [3.05, 3.63) is 66.2 Å². The van der Waals surface area contributed by atoms with Gasteiger partial charge in [0.25, 0.3) is 0 Å². The third-order valence-corrected chi connectivity index (χ3v) is 4.64. The van der Waals surface area contributed by atoms with Gasteiger partial charge in [-0.1, -0.05) is 48.5 Å². The summed E-state index contributed by atoms with van der Waals surface area (Å²) < 4.78 is 40.0. The molecule has 5 heteroatoms. The monoisotopic (exact) mass is 333 g/mol. The van der Waals surface area contributed by atoms with Gasteiger partial charge >= 0.3 is 6.18 Å². The van der Waals surface area contributed by atoms with E-state index < -0.39 is 24.1 Å². The van der Waals surface area contributed by atoms with Crippen LogP contribution in [0.15, 0.2) is 60.7 Å². The second-order valence-electron chi connectivity index (χ2n) is 6.15. The first-order chi connectivity index (χ1) is 11.4. The van der Waals surface area contributed by atoms with Crippen molar-refractivity contribution in [2.45, 2.75) is 36.9 Å². The standard InChI is InChI=1S/C19H18F3NO/c20-19(21,22)13-18(14-7-3-1-4-8-14)16(11-12-17(18)24)23-15-9-5-2-6-10-15/h1-10,16,23H,11-13H2/t16-,18-/m1/s1. The maximum Gasteiger partial charge on any atom is 0.390 e. The van der Waals surface area contributed by atoms with Crippen LogP contribution in [0.25, 0.3) is 0 Å². The number of hydrogen-bond donors (Lipinski definition) is 1. The van der Waals surface area contributed by atoms with Crippen LogP contribution in [0.3, 0.4) is 0 Å². The van der Waals surface area contributed by atoms with Gasteiger partial charge in [-0.2, -0.15) is 13.2 Å². The van der Waals surface area contributed by atoms with Gasteiger partial charge in [-0.25, -0.2) is 0 Å². The lowest BCUT2D eigenvalue weighted by molar-refractivity contribution is -0.156. The molecule has 0 bridgehead atoms. The van der Waals surface area contributed by atoms with Gasteiger partial charge in [-0.3, -0.25) is 4.79 Å². The van der Waals surface area contributed by atoms with Gasteiger partial charge in [0.1, 0.15) is 5.78 Å². The third kappa shape index (κ3) is 3.16. The van der Waals surface area contributed by atoms with Gasteiger partial charge in [0.05, 0.1) is 11.8 Å². The zero-order valence-electron chi connectivity index (χ0n) is 13.0. The van der Waals surface area contributed by atoms with Gasteiger partial charge in [0, 0.05) is 18.2 Å². The summed E-state index contributed by atoms with van der Waals surface area (Å²) in [5, 5.41) is 3.16. The Balaban J connectivity index is 2.04. The van der Waals surface area contributed by atoms with Gasteiger partial charge in [0.2, 0.25) is 0 Å². The molecule has 0 saturated heterocycles. The van der Waals surface area contributed by atoms with Crippen LogP contribution in [0, 0.1) is 0 Å². The predicted octanol–water partition coefficient (Wildman–Crippen LogP) is 4.72. The summed E-state index contributed by atoms with van der Waals surface area (Å²) in [5.74, 6) is -0.348. The van der Waals surface area contributed by atoms with E-state index in [1.807, 2.05) is 18.2 Å². The van der Waals surface area contributed by atoms with Crippen molar-refractivity contribution < 1.29 is 18.0 Å². The Hall–Kier alpha value is -2.30. The average Bonchev–Trinajstić information content (AvgIpc) is 2.85. The lowest BCUT2D eigenvalue weighted by Crippen LogP contribution is -2.47. The fourth-order valence-corrected chi connectivity index (χ4v) is 3.61. The number of benzene rings is 2. The fraction of sp³-hybridized carbons (Fsp3) is 0.316. The summed E-state index contributed by atoms with van der Waals surface area (Å²) in [6.45, 7) is 0. The average molecular weight is 333 g/mol. The number of nitrogens with one attached hydrogen (secondary N) is 1. The normalized spacial score (nSPS) is 24.1. The molecule has 0 unspecified atom stereocenters. The van der Waals surface area contributed by atoms with Crippen LogP contribution in [0.5, 0.6) is 0 Å². The highest BCUT2D eigenvalue weighted by atomic mass is 19.4.